The predicted molar refractivity (Wildman–Crippen MR) is 98.5 cm³/mol. The quantitative estimate of drug-likeness (QED) is 0.780. The highest BCUT2D eigenvalue weighted by atomic mass is 32.2. The first-order valence-corrected chi connectivity index (χ1v) is 10.4. The highest BCUT2D eigenvalue weighted by molar-refractivity contribution is 7.99. The summed E-state index contributed by atoms with van der Waals surface area (Å²) in [5.41, 5.74) is -0.629. The Balaban J connectivity index is 1.77. The van der Waals surface area contributed by atoms with Crippen LogP contribution in [0.25, 0.3) is 0 Å². The van der Waals surface area contributed by atoms with E-state index < -0.39 is 11.7 Å². The minimum atomic E-state index is -4.43. The molecule has 0 spiro atoms. The number of hydrogen-bond donors (Lipinski definition) is 0. The molecule has 144 valence electrons. The second-order valence-corrected chi connectivity index (χ2v) is 8.17. The number of likely N-dealkylation sites (tertiary alicyclic amines) is 1. The van der Waals surface area contributed by atoms with Crippen LogP contribution in [-0.4, -0.2) is 59.4 Å². The van der Waals surface area contributed by atoms with Gasteiger partial charge in [-0.1, -0.05) is 12.5 Å². The van der Waals surface area contributed by atoms with E-state index in [1.54, 1.807) is 0 Å². The van der Waals surface area contributed by atoms with Crippen LogP contribution in [-0.2, 0) is 6.18 Å². The van der Waals surface area contributed by atoms with Gasteiger partial charge in [-0.3, -0.25) is 4.79 Å². The minimum absolute atomic E-state index is 0.0580. The average Bonchev–Trinajstić information content (AvgIpc) is 2.87. The first-order chi connectivity index (χ1) is 12.4. The number of carbonyl (C=O) groups is 1. The molecule has 1 amide bonds. The van der Waals surface area contributed by atoms with Crippen molar-refractivity contribution in [1.82, 2.24) is 9.80 Å². The van der Waals surface area contributed by atoms with Crippen LogP contribution in [0.5, 0.6) is 0 Å². The van der Waals surface area contributed by atoms with Gasteiger partial charge in [-0.15, -0.1) is 0 Å². The zero-order valence-electron chi connectivity index (χ0n) is 14.8. The second-order valence-electron chi connectivity index (χ2n) is 7.02. The monoisotopic (exact) mass is 386 g/mol. The summed E-state index contributed by atoms with van der Waals surface area (Å²) < 4.78 is 39.0. The maximum Gasteiger partial charge on any atom is 0.416 e. The predicted octanol–water partition coefficient (Wildman–Crippen LogP) is 4.14. The Morgan fingerprint density at radius 2 is 1.88 bits per heavy atom. The molecule has 0 saturated carbocycles. The third-order valence-electron chi connectivity index (χ3n) is 5.05. The van der Waals surface area contributed by atoms with Crippen LogP contribution < -0.4 is 0 Å². The number of alkyl halides is 3. The number of thioether (sulfide) groups is 1. The van der Waals surface area contributed by atoms with Gasteiger partial charge in [-0.05, 0) is 56.3 Å². The third-order valence-corrected chi connectivity index (χ3v) is 6.25. The van der Waals surface area contributed by atoms with Gasteiger partial charge in [0.25, 0.3) is 5.91 Å². The van der Waals surface area contributed by atoms with Crippen LogP contribution in [0.1, 0.15) is 41.6 Å². The molecule has 1 aromatic carbocycles. The van der Waals surface area contributed by atoms with Gasteiger partial charge in [0.05, 0.1) is 11.6 Å². The fraction of sp³-hybridized carbons (Fsp3) is 0.632. The fourth-order valence-electron chi connectivity index (χ4n) is 3.68. The molecule has 0 aliphatic carbocycles. The van der Waals surface area contributed by atoms with Gasteiger partial charge in [0.15, 0.2) is 0 Å². The molecule has 2 aliphatic rings. The van der Waals surface area contributed by atoms with Gasteiger partial charge in [0.1, 0.15) is 0 Å². The van der Waals surface area contributed by atoms with Gasteiger partial charge in [-0.2, -0.15) is 24.9 Å². The Kier molecular flexibility index (Phi) is 6.51. The smallest absolute Gasteiger partial charge is 0.334 e. The molecule has 3 nitrogen and oxygen atoms in total. The molecule has 26 heavy (non-hydrogen) atoms. The van der Waals surface area contributed by atoms with Crippen LogP contribution in [0.4, 0.5) is 13.2 Å². The maximum atomic E-state index is 13.0. The molecule has 1 aromatic rings. The van der Waals surface area contributed by atoms with E-state index in [0.717, 1.165) is 49.7 Å². The van der Waals surface area contributed by atoms with Crippen LogP contribution in [0, 0.1) is 0 Å². The van der Waals surface area contributed by atoms with E-state index in [9.17, 15) is 18.0 Å². The number of benzene rings is 1. The zero-order valence-corrected chi connectivity index (χ0v) is 15.6. The SMILES string of the molecule is O=C(c1cccc(C(F)(F)F)c1)N1CCCSCC1CN1CCCCC1. The van der Waals surface area contributed by atoms with E-state index in [1.165, 1.54) is 31.4 Å². The molecule has 0 N–H and O–H groups in total. The minimum Gasteiger partial charge on any atom is -0.334 e. The molecule has 3 rings (SSSR count). The molecule has 2 fully saturated rings. The molecule has 7 heteroatoms. The normalized spacial score (nSPS) is 22.9. The summed E-state index contributed by atoms with van der Waals surface area (Å²) in [6.45, 7) is 3.53. The molecular weight excluding hydrogens is 361 g/mol. The van der Waals surface area contributed by atoms with Crippen LogP contribution in [0.2, 0.25) is 0 Å². The lowest BCUT2D eigenvalue weighted by molar-refractivity contribution is -0.137. The molecule has 1 atom stereocenters. The Labute approximate surface area is 156 Å². The summed E-state index contributed by atoms with van der Waals surface area (Å²) in [5.74, 6) is 1.56. The summed E-state index contributed by atoms with van der Waals surface area (Å²) in [6.07, 6.45) is 0.0651. The Morgan fingerprint density at radius 1 is 1.12 bits per heavy atom. The van der Waals surface area contributed by atoms with Crippen molar-refractivity contribution in [3.05, 3.63) is 35.4 Å². The molecular formula is C19H25F3N2OS. The van der Waals surface area contributed by atoms with Crippen molar-refractivity contribution >= 4 is 17.7 Å². The highest BCUT2D eigenvalue weighted by Gasteiger charge is 2.33. The standard InChI is InChI=1S/C19H25F3N2OS/c20-19(21,22)16-7-4-6-15(12-16)18(25)24-10-5-11-26-14-17(24)13-23-8-2-1-3-9-23/h4,6-7,12,17H,1-3,5,8-11,13-14H2. The summed E-state index contributed by atoms with van der Waals surface area (Å²) in [7, 11) is 0. The molecule has 2 heterocycles. The lowest BCUT2D eigenvalue weighted by Crippen LogP contribution is -2.49. The van der Waals surface area contributed by atoms with Crippen molar-refractivity contribution in [3.8, 4) is 0 Å². The number of hydrogen-bond acceptors (Lipinski definition) is 3. The van der Waals surface area contributed by atoms with E-state index in [0.29, 0.717) is 6.54 Å². The highest BCUT2D eigenvalue weighted by Crippen LogP contribution is 2.30. The Hall–Kier alpha value is -1.21. The molecule has 2 aliphatic heterocycles. The van der Waals surface area contributed by atoms with Gasteiger partial charge in [-0.25, -0.2) is 0 Å². The van der Waals surface area contributed by atoms with Crippen molar-refractivity contribution in [2.24, 2.45) is 0 Å². The van der Waals surface area contributed by atoms with E-state index in [4.69, 9.17) is 0 Å². The van der Waals surface area contributed by atoms with E-state index >= 15 is 0 Å². The Morgan fingerprint density at radius 3 is 2.62 bits per heavy atom. The first kappa shape index (κ1) is 19.5. The number of nitrogens with zero attached hydrogens (tertiary/aromatic N) is 2. The van der Waals surface area contributed by atoms with Gasteiger partial charge < -0.3 is 9.80 Å². The van der Waals surface area contributed by atoms with Gasteiger partial charge in [0, 0.05) is 24.4 Å². The number of piperidine rings is 1. The summed E-state index contributed by atoms with van der Waals surface area (Å²) >= 11 is 1.84. The number of rotatable bonds is 3. The van der Waals surface area contributed by atoms with Crippen LogP contribution in [0.15, 0.2) is 24.3 Å². The topological polar surface area (TPSA) is 23.6 Å². The van der Waals surface area contributed by atoms with Crippen LogP contribution in [0.3, 0.4) is 0 Å². The van der Waals surface area contributed by atoms with E-state index in [1.807, 2.05) is 16.7 Å². The van der Waals surface area contributed by atoms with Crippen molar-refractivity contribution in [3.63, 3.8) is 0 Å². The molecule has 2 saturated heterocycles. The third kappa shape index (κ3) is 4.94. The zero-order chi connectivity index (χ0) is 18.6. The molecule has 0 bridgehead atoms. The average molecular weight is 386 g/mol. The fourth-order valence-corrected chi connectivity index (χ4v) is 4.74. The molecule has 0 aromatic heterocycles. The van der Waals surface area contributed by atoms with Gasteiger partial charge >= 0.3 is 6.18 Å². The lowest BCUT2D eigenvalue weighted by atomic mass is 10.1. The van der Waals surface area contributed by atoms with Gasteiger partial charge in [0.2, 0.25) is 0 Å². The second kappa shape index (κ2) is 8.65. The number of amides is 1. The number of carbonyl (C=O) groups excluding carboxylic acids is 1. The summed E-state index contributed by atoms with van der Waals surface area (Å²) in [4.78, 5) is 17.2. The lowest BCUT2D eigenvalue weighted by Gasteiger charge is -2.36. The summed E-state index contributed by atoms with van der Waals surface area (Å²) in [5, 5.41) is 0. The Bertz CT molecular complexity index is 617. The van der Waals surface area contributed by atoms with Crippen molar-refractivity contribution < 1.29 is 18.0 Å². The number of halogens is 3. The van der Waals surface area contributed by atoms with Crippen LogP contribution >= 0.6 is 11.8 Å². The summed E-state index contributed by atoms with van der Waals surface area (Å²) in [6, 6.07) is 4.87. The van der Waals surface area contributed by atoms with E-state index in [2.05, 4.69) is 4.90 Å². The van der Waals surface area contributed by atoms with Crippen molar-refractivity contribution in [2.45, 2.75) is 37.9 Å². The van der Waals surface area contributed by atoms with Crippen molar-refractivity contribution in [1.29, 1.82) is 0 Å². The maximum absolute atomic E-state index is 13.0. The van der Waals surface area contributed by atoms with E-state index in [-0.39, 0.29) is 17.5 Å². The molecule has 1 unspecified atom stereocenters. The van der Waals surface area contributed by atoms with Crippen molar-refractivity contribution in [2.75, 3.05) is 37.7 Å². The largest absolute Gasteiger partial charge is 0.416 e. The first-order valence-electron chi connectivity index (χ1n) is 9.23. The molecule has 0 radical (unpaired) electrons.